The third-order valence-electron chi connectivity index (χ3n) is 4.86. The molecule has 0 bridgehead atoms. The van der Waals surface area contributed by atoms with Crippen LogP contribution in [0.15, 0.2) is 71.6 Å². The zero-order chi connectivity index (χ0) is 24.8. The molecule has 35 heavy (non-hydrogen) atoms. The van der Waals surface area contributed by atoms with Gasteiger partial charge in [0.15, 0.2) is 18.1 Å². The molecule has 0 radical (unpaired) electrons. The van der Waals surface area contributed by atoms with Gasteiger partial charge in [-0.25, -0.2) is 13.2 Å². The quantitative estimate of drug-likeness (QED) is 0.428. The number of carbonyl (C=O) groups excluding carboxylic acids is 2. The van der Waals surface area contributed by atoms with Gasteiger partial charge in [0.05, 0.1) is 16.1 Å². The van der Waals surface area contributed by atoms with Crippen LogP contribution in [0.1, 0.15) is 15.9 Å². The third kappa shape index (κ3) is 6.01. The van der Waals surface area contributed by atoms with Crippen LogP contribution in [0.25, 0.3) is 0 Å². The lowest BCUT2D eigenvalue weighted by Gasteiger charge is -2.19. The Bertz CT molecular complexity index is 1360. The molecule has 0 fully saturated rings. The molecule has 1 aliphatic heterocycles. The van der Waals surface area contributed by atoms with Crippen molar-refractivity contribution in [3.8, 4) is 17.2 Å². The lowest BCUT2D eigenvalue weighted by molar-refractivity contribution is -0.119. The molecule has 3 aromatic carbocycles. The van der Waals surface area contributed by atoms with Gasteiger partial charge in [0.25, 0.3) is 15.9 Å². The predicted octanol–water partition coefficient (Wildman–Crippen LogP) is 2.48. The summed E-state index contributed by atoms with van der Waals surface area (Å²) in [5.74, 6) is -0.159. The number of sulfonamides is 1. The van der Waals surface area contributed by atoms with Crippen molar-refractivity contribution in [2.24, 2.45) is 5.73 Å². The highest BCUT2D eigenvalue weighted by molar-refractivity contribution is 7.92. The summed E-state index contributed by atoms with van der Waals surface area (Å²) in [5, 5.41) is 0. The number of anilines is 1. The van der Waals surface area contributed by atoms with Crippen molar-refractivity contribution >= 4 is 27.6 Å². The number of ether oxygens (including phenoxy) is 4. The van der Waals surface area contributed by atoms with Crippen LogP contribution in [-0.4, -0.2) is 40.1 Å². The van der Waals surface area contributed by atoms with Crippen LogP contribution < -0.4 is 24.7 Å². The topological polar surface area (TPSA) is 143 Å². The van der Waals surface area contributed by atoms with E-state index in [9.17, 15) is 18.0 Å². The number of hydrogen-bond acceptors (Lipinski definition) is 8. The number of amides is 1. The van der Waals surface area contributed by atoms with E-state index in [1.165, 1.54) is 30.3 Å². The highest BCUT2D eigenvalue weighted by atomic mass is 32.2. The van der Waals surface area contributed by atoms with Crippen molar-refractivity contribution in [2.75, 3.05) is 24.5 Å². The first-order chi connectivity index (χ1) is 16.8. The van der Waals surface area contributed by atoms with Crippen LogP contribution in [0.4, 0.5) is 5.69 Å². The minimum Gasteiger partial charge on any atom is -0.486 e. The smallest absolute Gasteiger partial charge is 0.340 e. The molecule has 1 heterocycles. The molecule has 0 spiro atoms. The molecular formula is C24H22N2O8S. The minimum absolute atomic E-state index is 0.0368. The first-order valence-electron chi connectivity index (χ1n) is 10.5. The normalized spacial score (nSPS) is 12.5. The molecule has 1 amide bonds. The molecular weight excluding hydrogens is 476 g/mol. The van der Waals surface area contributed by atoms with E-state index in [4.69, 9.17) is 24.7 Å². The first-order valence-corrected chi connectivity index (χ1v) is 12.0. The van der Waals surface area contributed by atoms with Crippen molar-refractivity contribution in [3.63, 3.8) is 0 Å². The number of esters is 1. The molecule has 11 heteroatoms. The van der Waals surface area contributed by atoms with Crippen LogP contribution in [0.2, 0.25) is 0 Å². The number of carbonyl (C=O) groups is 2. The SMILES string of the molecule is NC(=O)COc1cccc(COC(=O)c2ccccc2NS(=O)(=O)c2ccc3c(c2)OCCO3)c1. The molecule has 3 N–H and O–H groups in total. The van der Waals surface area contributed by atoms with Gasteiger partial charge in [-0.1, -0.05) is 24.3 Å². The van der Waals surface area contributed by atoms with E-state index in [1.807, 2.05) is 0 Å². The summed E-state index contributed by atoms with van der Waals surface area (Å²) in [6.07, 6.45) is 0. The summed E-state index contributed by atoms with van der Waals surface area (Å²) in [6.45, 7) is 0.326. The van der Waals surface area contributed by atoms with Gasteiger partial charge in [-0.2, -0.15) is 0 Å². The largest absolute Gasteiger partial charge is 0.486 e. The van der Waals surface area contributed by atoms with E-state index in [0.29, 0.717) is 36.0 Å². The van der Waals surface area contributed by atoms with Gasteiger partial charge in [0.2, 0.25) is 0 Å². The van der Waals surface area contributed by atoms with Crippen LogP contribution in [0.3, 0.4) is 0 Å². The second kappa shape index (κ2) is 10.3. The van der Waals surface area contributed by atoms with Gasteiger partial charge >= 0.3 is 5.97 Å². The number of fused-ring (bicyclic) bond motifs is 1. The Morgan fingerprint density at radius 1 is 0.943 bits per heavy atom. The molecule has 0 aromatic heterocycles. The summed E-state index contributed by atoms with van der Waals surface area (Å²) >= 11 is 0. The highest BCUT2D eigenvalue weighted by Crippen LogP contribution is 2.33. The Morgan fingerprint density at radius 2 is 1.71 bits per heavy atom. The molecule has 1 aliphatic rings. The Morgan fingerprint density at radius 3 is 2.51 bits per heavy atom. The number of primary amides is 1. The summed E-state index contributed by atoms with van der Waals surface area (Å²) in [4.78, 5) is 23.6. The molecule has 0 aliphatic carbocycles. The maximum Gasteiger partial charge on any atom is 0.340 e. The molecule has 0 saturated heterocycles. The Hall–Kier alpha value is -4.25. The van der Waals surface area contributed by atoms with Crippen LogP contribution in [0, 0.1) is 0 Å². The molecule has 4 rings (SSSR count). The number of benzene rings is 3. The standard InChI is InChI=1S/C24H22N2O8S/c25-23(27)15-33-17-5-3-4-16(12-17)14-34-24(28)19-6-1-2-7-20(19)26-35(29,30)18-8-9-21-22(13-18)32-11-10-31-21/h1-9,12-13,26H,10-11,14-15H2,(H2,25,27). The Balaban J connectivity index is 1.47. The van der Waals surface area contributed by atoms with E-state index in [-0.39, 0.29) is 29.4 Å². The fourth-order valence-corrected chi connectivity index (χ4v) is 4.35. The molecule has 3 aromatic rings. The summed E-state index contributed by atoms with van der Waals surface area (Å²) in [7, 11) is -4.04. The van der Waals surface area contributed by atoms with Crippen molar-refractivity contribution in [2.45, 2.75) is 11.5 Å². The van der Waals surface area contributed by atoms with Crippen molar-refractivity contribution in [1.29, 1.82) is 0 Å². The highest BCUT2D eigenvalue weighted by Gasteiger charge is 2.22. The minimum atomic E-state index is -4.04. The number of nitrogens with one attached hydrogen (secondary N) is 1. The maximum absolute atomic E-state index is 13.0. The molecule has 0 saturated carbocycles. The zero-order valence-corrected chi connectivity index (χ0v) is 19.2. The van der Waals surface area contributed by atoms with Gasteiger partial charge in [-0.3, -0.25) is 9.52 Å². The average Bonchev–Trinajstić information content (AvgIpc) is 2.86. The van der Waals surface area contributed by atoms with E-state index in [2.05, 4.69) is 4.72 Å². The molecule has 10 nitrogen and oxygen atoms in total. The van der Waals surface area contributed by atoms with Crippen molar-refractivity contribution in [3.05, 3.63) is 77.9 Å². The van der Waals surface area contributed by atoms with E-state index >= 15 is 0 Å². The van der Waals surface area contributed by atoms with Gasteiger partial charge in [0.1, 0.15) is 25.6 Å². The lowest BCUT2D eigenvalue weighted by atomic mass is 10.2. The Kier molecular flexibility index (Phi) is 7.06. The monoisotopic (exact) mass is 498 g/mol. The second-order valence-electron chi connectivity index (χ2n) is 7.44. The third-order valence-corrected chi connectivity index (χ3v) is 6.23. The predicted molar refractivity (Wildman–Crippen MR) is 125 cm³/mol. The maximum atomic E-state index is 13.0. The van der Waals surface area contributed by atoms with Crippen LogP contribution >= 0.6 is 0 Å². The lowest BCUT2D eigenvalue weighted by Crippen LogP contribution is -2.20. The van der Waals surface area contributed by atoms with Gasteiger partial charge < -0.3 is 24.7 Å². The van der Waals surface area contributed by atoms with Gasteiger partial charge in [-0.05, 0) is 42.0 Å². The van der Waals surface area contributed by atoms with E-state index < -0.39 is 21.9 Å². The fourth-order valence-electron chi connectivity index (χ4n) is 3.25. The van der Waals surface area contributed by atoms with Crippen molar-refractivity contribution in [1.82, 2.24) is 0 Å². The first kappa shape index (κ1) is 23.9. The number of hydrogen-bond donors (Lipinski definition) is 2. The molecule has 0 unspecified atom stereocenters. The van der Waals surface area contributed by atoms with Crippen LogP contribution in [-0.2, 0) is 26.2 Å². The summed E-state index contributed by atoms with van der Waals surface area (Å²) in [5.41, 5.74) is 5.78. The van der Waals surface area contributed by atoms with E-state index in [1.54, 1.807) is 36.4 Å². The summed E-state index contributed by atoms with van der Waals surface area (Å²) < 4.78 is 49.9. The number of nitrogens with two attached hydrogens (primary N) is 1. The zero-order valence-electron chi connectivity index (χ0n) is 18.4. The Labute approximate surface area is 201 Å². The molecule has 182 valence electrons. The second-order valence-corrected chi connectivity index (χ2v) is 9.12. The van der Waals surface area contributed by atoms with E-state index in [0.717, 1.165) is 0 Å². The van der Waals surface area contributed by atoms with Gasteiger partial charge in [0, 0.05) is 6.07 Å². The number of rotatable bonds is 9. The average molecular weight is 499 g/mol. The number of para-hydroxylation sites is 1. The van der Waals surface area contributed by atoms with Crippen molar-refractivity contribution < 1.29 is 37.0 Å². The van der Waals surface area contributed by atoms with Gasteiger partial charge in [-0.15, -0.1) is 0 Å². The fraction of sp³-hybridized carbons (Fsp3) is 0.167. The van der Waals surface area contributed by atoms with Crippen LogP contribution in [0.5, 0.6) is 17.2 Å². The summed E-state index contributed by atoms with van der Waals surface area (Å²) in [6, 6.07) is 17.0. The molecule has 0 atom stereocenters.